The number of ether oxygens (including phenoxy) is 2. The van der Waals surface area contributed by atoms with Gasteiger partial charge in [0.25, 0.3) is 0 Å². The van der Waals surface area contributed by atoms with Crippen LogP contribution in [0.4, 0.5) is 0 Å². The molecule has 32 heavy (non-hydrogen) atoms. The monoisotopic (exact) mass is 454 g/mol. The van der Waals surface area contributed by atoms with Crippen molar-refractivity contribution in [1.82, 2.24) is 9.80 Å². The van der Waals surface area contributed by atoms with Crippen molar-refractivity contribution in [3.8, 4) is 0 Å². The van der Waals surface area contributed by atoms with Gasteiger partial charge in [0.1, 0.15) is 0 Å². The van der Waals surface area contributed by atoms with Gasteiger partial charge in [0, 0.05) is 39.4 Å². The standard InChI is InChI=1S/2C14H29NO/c2*1-14(2,3)12-6-8-13(9-7-12)15(4)10-11-16-5/h2*12-13H,6-11H2,1-5H3. The molecule has 4 nitrogen and oxygen atoms in total. The van der Waals surface area contributed by atoms with E-state index >= 15 is 0 Å². The van der Waals surface area contributed by atoms with Crippen LogP contribution in [-0.2, 0) is 9.47 Å². The van der Waals surface area contributed by atoms with Gasteiger partial charge in [0.05, 0.1) is 13.2 Å². The van der Waals surface area contributed by atoms with Gasteiger partial charge >= 0.3 is 0 Å². The Labute approximate surface area is 201 Å². The average Bonchev–Trinajstić information content (AvgIpc) is 2.75. The quantitative estimate of drug-likeness (QED) is 0.427. The molecule has 0 amide bonds. The van der Waals surface area contributed by atoms with Crippen molar-refractivity contribution in [2.75, 3.05) is 54.6 Å². The zero-order valence-electron chi connectivity index (χ0n) is 23.5. The minimum Gasteiger partial charge on any atom is -0.383 e. The molecule has 0 heterocycles. The second kappa shape index (κ2) is 14.3. The van der Waals surface area contributed by atoms with E-state index in [0.29, 0.717) is 10.8 Å². The van der Waals surface area contributed by atoms with Gasteiger partial charge in [-0.2, -0.15) is 0 Å². The summed E-state index contributed by atoms with van der Waals surface area (Å²) in [7, 11) is 8.04. The van der Waals surface area contributed by atoms with Crippen LogP contribution >= 0.6 is 0 Å². The maximum Gasteiger partial charge on any atom is 0.0589 e. The van der Waals surface area contributed by atoms with Crippen molar-refractivity contribution in [2.45, 2.75) is 105 Å². The van der Waals surface area contributed by atoms with Crippen LogP contribution < -0.4 is 0 Å². The minimum atomic E-state index is 0.496. The minimum absolute atomic E-state index is 0.496. The second-order valence-corrected chi connectivity index (χ2v) is 12.7. The predicted octanol–water partition coefficient (Wildman–Crippen LogP) is 6.34. The highest BCUT2D eigenvalue weighted by atomic mass is 16.5. The first-order chi connectivity index (χ1) is 14.9. The second-order valence-electron chi connectivity index (χ2n) is 12.7. The third kappa shape index (κ3) is 10.8. The molecule has 0 aromatic heterocycles. The Balaban J connectivity index is 0.000000320. The Morgan fingerprint density at radius 3 is 1.06 bits per heavy atom. The third-order valence-electron chi connectivity index (χ3n) is 8.39. The van der Waals surface area contributed by atoms with Crippen molar-refractivity contribution >= 4 is 0 Å². The topological polar surface area (TPSA) is 24.9 Å². The number of methoxy groups -OCH3 is 2. The van der Waals surface area contributed by atoms with Gasteiger partial charge in [0.2, 0.25) is 0 Å². The highest BCUT2D eigenvalue weighted by molar-refractivity contribution is 4.85. The van der Waals surface area contributed by atoms with Gasteiger partial charge in [-0.1, -0.05) is 41.5 Å². The number of nitrogens with zero attached hydrogens (tertiary/aromatic N) is 2. The van der Waals surface area contributed by atoms with Crippen LogP contribution in [-0.4, -0.2) is 76.5 Å². The van der Waals surface area contributed by atoms with Gasteiger partial charge in [-0.05, 0) is 88.1 Å². The zero-order chi connectivity index (χ0) is 24.4. The van der Waals surface area contributed by atoms with E-state index in [-0.39, 0.29) is 0 Å². The highest BCUT2D eigenvalue weighted by Gasteiger charge is 2.31. The normalized spacial score (nSPS) is 27.4. The van der Waals surface area contributed by atoms with Crippen molar-refractivity contribution in [3.63, 3.8) is 0 Å². The van der Waals surface area contributed by atoms with E-state index in [0.717, 1.165) is 50.2 Å². The summed E-state index contributed by atoms with van der Waals surface area (Å²) in [6, 6.07) is 1.57. The average molecular weight is 455 g/mol. The molecular weight excluding hydrogens is 396 g/mol. The van der Waals surface area contributed by atoms with Gasteiger partial charge in [-0.3, -0.25) is 0 Å². The fourth-order valence-electron chi connectivity index (χ4n) is 5.60. The number of rotatable bonds is 8. The van der Waals surface area contributed by atoms with E-state index < -0.39 is 0 Å². The van der Waals surface area contributed by atoms with Gasteiger partial charge in [-0.25, -0.2) is 0 Å². The largest absolute Gasteiger partial charge is 0.383 e. The molecule has 0 aliphatic heterocycles. The van der Waals surface area contributed by atoms with Crippen molar-refractivity contribution in [2.24, 2.45) is 22.7 Å². The Kier molecular flexibility index (Phi) is 13.3. The summed E-state index contributed by atoms with van der Waals surface area (Å²) in [5.74, 6) is 1.83. The fraction of sp³-hybridized carbons (Fsp3) is 1.00. The van der Waals surface area contributed by atoms with Gasteiger partial charge in [-0.15, -0.1) is 0 Å². The molecule has 0 saturated heterocycles. The molecule has 0 unspecified atom stereocenters. The summed E-state index contributed by atoms with van der Waals surface area (Å²) in [6.07, 6.45) is 11.0. The van der Waals surface area contributed by atoms with E-state index in [2.05, 4.69) is 65.4 Å². The van der Waals surface area contributed by atoms with Crippen LogP contribution in [0.2, 0.25) is 0 Å². The molecule has 0 N–H and O–H groups in total. The van der Waals surface area contributed by atoms with E-state index in [1.807, 2.05) is 0 Å². The van der Waals surface area contributed by atoms with E-state index in [1.54, 1.807) is 14.2 Å². The van der Waals surface area contributed by atoms with Crippen LogP contribution in [0.25, 0.3) is 0 Å². The fourth-order valence-corrected chi connectivity index (χ4v) is 5.60. The Morgan fingerprint density at radius 1 is 0.562 bits per heavy atom. The summed E-state index contributed by atoms with van der Waals surface area (Å²) in [4.78, 5) is 4.95. The summed E-state index contributed by atoms with van der Waals surface area (Å²) in [6.45, 7) is 18.1. The number of likely N-dealkylation sites (N-methyl/N-ethyl adjacent to an activating group) is 2. The first kappa shape index (κ1) is 29.9. The van der Waals surface area contributed by atoms with Crippen LogP contribution in [0.3, 0.4) is 0 Å². The molecule has 2 rings (SSSR count). The molecule has 2 saturated carbocycles. The van der Waals surface area contributed by atoms with Crippen molar-refractivity contribution in [1.29, 1.82) is 0 Å². The Morgan fingerprint density at radius 2 is 0.844 bits per heavy atom. The lowest BCUT2D eigenvalue weighted by molar-refractivity contribution is 0.0884. The lowest BCUT2D eigenvalue weighted by Gasteiger charge is -2.40. The lowest BCUT2D eigenvalue weighted by atomic mass is 9.71. The molecule has 2 aliphatic rings. The van der Waals surface area contributed by atoms with Crippen LogP contribution in [0.15, 0.2) is 0 Å². The highest BCUT2D eigenvalue weighted by Crippen LogP contribution is 2.39. The summed E-state index contributed by atoms with van der Waals surface area (Å²) in [5.41, 5.74) is 0.992. The SMILES string of the molecule is COCCN(C)C1CCC(C(C)(C)C)CC1.COCCN(C)C1CCC(C(C)(C)C)CC1. The maximum atomic E-state index is 5.14. The van der Waals surface area contributed by atoms with Gasteiger partial charge < -0.3 is 19.3 Å². The first-order valence-electron chi connectivity index (χ1n) is 13.3. The van der Waals surface area contributed by atoms with Crippen LogP contribution in [0.5, 0.6) is 0 Å². The molecular formula is C28H58N2O2. The van der Waals surface area contributed by atoms with Crippen molar-refractivity contribution < 1.29 is 9.47 Å². The molecule has 0 atom stereocenters. The van der Waals surface area contributed by atoms with E-state index in [9.17, 15) is 0 Å². The lowest BCUT2D eigenvalue weighted by Crippen LogP contribution is -2.39. The summed E-state index contributed by atoms with van der Waals surface area (Å²) < 4.78 is 10.3. The molecule has 2 fully saturated rings. The van der Waals surface area contributed by atoms with Crippen LogP contribution in [0.1, 0.15) is 92.9 Å². The zero-order valence-corrected chi connectivity index (χ0v) is 23.5. The first-order valence-corrected chi connectivity index (χ1v) is 13.3. The third-order valence-corrected chi connectivity index (χ3v) is 8.39. The predicted molar refractivity (Wildman–Crippen MR) is 139 cm³/mol. The van der Waals surface area contributed by atoms with E-state index in [4.69, 9.17) is 9.47 Å². The number of hydrogen-bond acceptors (Lipinski definition) is 4. The Hall–Kier alpha value is -0.160. The summed E-state index contributed by atoms with van der Waals surface area (Å²) >= 11 is 0. The maximum absolute atomic E-state index is 5.14. The van der Waals surface area contributed by atoms with Gasteiger partial charge in [0.15, 0.2) is 0 Å². The molecule has 192 valence electrons. The molecule has 4 heteroatoms. The molecule has 0 aromatic carbocycles. The van der Waals surface area contributed by atoms with Crippen molar-refractivity contribution in [3.05, 3.63) is 0 Å². The molecule has 2 aliphatic carbocycles. The summed E-state index contributed by atoms with van der Waals surface area (Å²) in [5, 5.41) is 0. The molecule has 0 radical (unpaired) electrons. The van der Waals surface area contributed by atoms with E-state index in [1.165, 1.54) is 51.4 Å². The van der Waals surface area contributed by atoms with Crippen LogP contribution in [0, 0.1) is 22.7 Å². The molecule has 0 bridgehead atoms. The smallest absolute Gasteiger partial charge is 0.0589 e. The number of hydrogen-bond donors (Lipinski definition) is 0. The molecule has 0 aromatic rings. The molecule has 0 spiro atoms. The Bertz CT molecular complexity index is 423.